The first kappa shape index (κ1) is 25.9. The molecule has 2 aromatic carbocycles. The number of nitrogens with zero attached hydrogens (tertiary/aromatic N) is 3. The second kappa shape index (κ2) is 10.9. The molecule has 0 spiro atoms. The van der Waals surface area contributed by atoms with Crippen molar-refractivity contribution in [3.8, 4) is 0 Å². The van der Waals surface area contributed by atoms with Gasteiger partial charge in [-0.2, -0.15) is 0 Å². The summed E-state index contributed by atoms with van der Waals surface area (Å²) in [5.41, 5.74) is 3.75. The Hall–Kier alpha value is -3.76. The number of carbonyl (C=O) groups is 2. The molecule has 0 unspecified atom stereocenters. The van der Waals surface area contributed by atoms with E-state index < -0.39 is 0 Å². The highest BCUT2D eigenvalue weighted by molar-refractivity contribution is 7.80. The van der Waals surface area contributed by atoms with Gasteiger partial charge in [0.2, 0.25) is 0 Å². The number of furan rings is 1. The van der Waals surface area contributed by atoms with Crippen molar-refractivity contribution in [3.63, 3.8) is 0 Å². The van der Waals surface area contributed by atoms with Crippen LogP contribution in [0.1, 0.15) is 51.7 Å². The van der Waals surface area contributed by atoms with E-state index in [0.29, 0.717) is 28.6 Å². The van der Waals surface area contributed by atoms with Crippen molar-refractivity contribution >= 4 is 68.4 Å². The first-order valence-electron chi connectivity index (χ1n) is 12.4. The number of hydrogen-bond acceptors (Lipinski definition) is 7. The summed E-state index contributed by atoms with van der Waals surface area (Å²) < 4.78 is 5.52. The third-order valence-electron chi connectivity index (χ3n) is 6.64. The van der Waals surface area contributed by atoms with Gasteiger partial charge in [-0.3, -0.25) is 9.59 Å². The molecule has 4 aromatic rings. The summed E-state index contributed by atoms with van der Waals surface area (Å²) in [7, 11) is 4.03. The number of amides is 1. The molecule has 0 bridgehead atoms. The van der Waals surface area contributed by atoms with Crippen molar-refractivity contribution < 1.29 is 14.0 Å². The molecule has 1 aliphatic rings. The Labute approximate surface area is 230 Å². The van der Waals surface area contributed by atoms with Crippen LogP contribution >= 0.6 is 23.6 Å². The minimum atomic E-state index is -0.259. The van der Waals surface area contributed by atoms with E-state index in [1.165, 1.54) is 18.3 Å². The molecule has 1 aliphatic heterocycles. The maximum atomic E-state index is 12.9. The van der Waals surface area contributed by atoms with Crippen molar-refractivity contribution in [2.75, 3.05) is 42.7 Å². The molecule has 2 N–H and O–H groups in total. The van der Waals surface area contributed by atoms with E-state index in [2.05, 4.69) is 37.6 Å². The Morgan fingerprint density at radius 3 is 2.45 bits per heavy atom. The Morgan fingerprint density at radius 2 is 1.76 bits per heavy atom. The predicted molar refractivity (Wildman–Crippen MR) is 157 cm³/mol. The largest absolute Gasteiger partial charge is 0.453 e. The lowest BCUT2D eigenvalue weighted by atomic mass is 9.98. The number of benzene rings is 2. The number of fused-ring (bicyclic) bond motifs is 1. The summed E-state index contributed by atoms with van der Waals surface area (Å²) in [4.78, 5) is 33.3. The van der Waals surface area contributed by atoms with Crippen molar-refractivity contribution in [2.45, 2.75) is 25.7 Å². The van der Waals surface area contributed by atoms with E-state index >= 15 is 0 Å². The molecule has 1 saturated heterocycles. The average molecular weight is 548 g/mol. The van der Waals surface area contributed by atoms with Crippen LogP contribution < -0.4 is 15.5 Å². The van der Waals surface area contributed by atoms with E-state index in [0.717, 1.165) is 52.8 Å². The van der Waals surface area contributed by atoms with Crippen LogP contribution in [0.2, 0.25) is 0 Å². The maximum Gasteiger partial charge on any atom is 0.275 e. The zero-order valence-electron chi connectivity index (χ0n) is 21.5. The Morgan fingerprint density at radius 1 is 1.05 bits per heavy atom. The van der Waals surface area contributed by atoms with Gasteiger partial charge in [0, 0.05) is 67.9 Å². The average Bonchev–Trinajstić information content (AvgIpc) is 3.57. The van der Waals surface area contributed by atoms with Crippen LogP contribution in [-0.2, 0) is 0 Å². The number of aromatic nitrogens is 1. The highest BCUT2D eigenvalue weighted by atomic mass is 32.1. The molecule has 0 atom stereocenters. The maximum absolute atomic E-state index is 12.9. The number of ketones is 1. The predicted octanol–water partition coefficient (Wildman–Crippen LogP) is 5.99. The van der Waals surface area contributed by atoms with Crippen molar-refractivity contribution in [1.82, 2.24) is 9.88 Å². The summed E-state index contributed by atoms with van der Waals surface area (Å²) in [6.07, 6.45) is 1.84. The molecule has 5 rings (SSSR count). The topological polar surface area (TPSA) is 90.7 Å². The quantitative estimate of drug-likeness (QED) is 0.225. The lowest BCUT2D eigenvalue weighted by Gasteiger charge is -2.33. The van der Waals surface area contributed by atoms with Crippen LogP contribution in [0.5, 0.6) is 0 Å². The van der Waals surface area contributed by atoms with Gasteiger partial charge in [-0.15, -0.1) is 11.3 Å². The number of thiocarbonyl (C=S) groups is 1. The van der Waals surface area contributed by atoms with Gasteiger partial charge in [-0.1, -0.05) is 0 Å². The highest BCUT2D eigenvalue weighted by Gasteiger charge is 2.25. The lowest BCUT2D eigenvalue weighted by molar-refractivity contribution is 0.0987. The van der Waals surface area contributed by atoms with Crippen molar-refractivity contribution in [2.24, 2.45) is 0 Å². The fourth-order valence-electron chi connectivity index (χ4n) is 4.44. The third-order valence-corrected chi connectivity index (χ3v) is 8.01. The lowest BCUT2D eigenvalue weighted by Crippen LogP contribution is -2.40. The molecule has 3 heterocycles. The number of carbonyl (C=O) groups excluding carboxylic acids is 2. The molecule has 0 aliphatic carbocycles. The van der Waals surface area contributed by atoms with Gasteiger partial charge in [0.25, 0.3) is 5.91 Å². The summed E-state index contributed by atoms with van der Waals surface area (Å²) in [5.74, 6) is 0.201. The number of Topliss-reactive ketones (excluding diaryl/α,β-unsaturated/α-hetero) is 1. The van der Waals surface area contributed by atoms with Gasteiger partial charge >= 0.3 is 0 Å². The van der Waals surface area contributed by atoms with Crippen molar-refractivity contribution in [1.29, 1.82) is 0 Å². The zero-order chi connectivity index (χ0) is 26.8. The van der Waals surface area contributed by atoms with E-state index in [4.69, 9.17) is 16.6 Å². The molecule has 0 radical (unpaired) electrons. The number of anilines is 3. The summed E-state index contributed by atoms with van der Waals surface area (Å²) in [6.45, 7) is 3.13. The Bertz CT molecular complexity index is 1480. The third kappa shape index (κ3) is 5.71. The summed E-state index contributed by atoms with van der Waals surface area (Å²) >= 11 is 7.18. The van der Waals surface area contributed by atoms with Gasteiger partial charge in [0.05, 0.1) is 5.01 Å². The van der Waals surface area contributed by atoms with Crippen LogP contribution in [0, 0.1) is 0 Å². The minimum Gasteiger partial charge on any atom is -0.453 e. The normalized spacial score (nSPS) is 13.9. The fourth-order valence-corrected chi connectivity index (χ4v) is 5.72. The van der Waals surface area contributed by atoms with Gasteiger partial charge in [-0.25, -0.2) is 4.98 Å². The Kier molecular flexibility index (Phi) is 7.44. The number of thiazole rings is 1. The van der Waals surface area contributed by atoms with Gasteiger partial charge in [0.15, 0.2) is 16.7 Å². The van der Waals surface area contributed by atoms with Gasteiger partial charge < -0.3 is 24.9 Å². The van der Waals surface area contributed by atoms with Crippen LogP contribution in [-0.4, -0.2) is 53.9 Å². The number of piperidine rings is 1. The Balaban J connectivity index is 1.15. The fraction of sp³-hybridized carbons (Fsp3) is 0.286. The molecule has 10 heteroatoms. The van der Waals surface area contributed by atoms with Gasteiger partial charge in [0.1, 0.15) is 11.3 Å². The molecule has 1 amide bonds. The van der Waals surface area contributed by atoms with E-state index in [-0.39, 0.29) is 11.7 Å². The second-order valence-corrected chi connectivity index (χ2v) is 10.9. The number of likely N-dealkylation sites (tertiary alicyclic amines) is 1. The number of hydrogen-bond donors (Lipinski definition) is 2. The van der Waals surface area contributed by atoms with Crippen molar-refractivity contribution in [3.05, 3.63) is 70.4 Å². The first-order valence-corrected chi connectivity index (χ1v) is 13.7. The monoisotopic (exact) mass is 547 g/mol. The van der Waals surface area contributed by atoms with Crippen LogP contribution in [0.3, 0.4) is 0 Å². The summed E-state index contributed by atoms with van der Waals surface area (Å²) in [6, 6.07) is 15.2. The number of rotatable bonds is 6. The smallest absolute Gasteiger partial charge is 0.275 e. The highest BCUT2D eigenvalue weighted by Crippen LogP contribution is 2.31. The summed E-state index contributed by atoms with van der Waals surface area (Å²) in [5, 5.41) is 10.5. The van der Waals surface area contributed by atoms with E-state index in [1.807, 2.05) is 31.6 Å². The van der Waals surface area contributed by atoms with E-state index in [1.54, 1.807) is 24.3 Å². The molecule has 1 fully saturated rings. The van der Waals surface area contributed by atoms with Crippen LogP contribution in [0.4, 0.5) is 17.1 Å². The standard InChI is InChI=1S/C28H29N5O3S2/c1-17(34)25-15-19-14-21(6-9-24(19)36-25)29-26(35)23-16-38-27(31-23)18-10-12-33(13-11-18)28(37)30-20-4-7-22(8-5-20)32(2)3/h4-9,14-16,18H,10-13H2,1-3H3,(H,29,35)(H,30,37). The SMILES string of the molecule is CC(=O)c1cc2cc(NC(=O)c3csc(C4CCN(C(=S)Nc5ccc(N(C)C)cc5)CC4)n3)ccc2o1. The zero-order valence-corrected chi connectivity index (χ0v) is 23.1. The van der Waals surface area contributed by atoms with Gasteiger partial charge in [-0.05, 0) is 73.6 Å². The second-order valence-electron chi connectivity index (χ2n) is 9.58. The van der Waals surface area contributed by atoms with Crippen LogP contribution in [0.25, 0.3) is 11.0 Å². The first-order chi connectivity index (χ1) is 18.3. The molecule has 0 saturated carbocycles. The molecular formula is C28H29N5O3S2. The van der Waals surface area contributed by atoms with Crippen LogP contribution in [0.15, 0.2) is 58.3 Å². The van der Waals surface area contributed by atoms with E-state index in [9.17, 15) is 9.59 Å². The minimum absolute atomic E-state index is 0.138. The molecule has 38 heavy (non-hydrogen) atoms. The molecule has 2 aromatic heterocycles. The molecular weight excluding hydrogens is 518 g/mol. The molecule has 196 valence electrons. The number of nitrogens with one attached hydrogen (secondary N) is 2. The molecule has 8 nitrogen and oxygen atoms in total.